The molecule has 1 heterocycles. The number of benzene rings is 1. The van der Waals surface area contributed by atoms with Gasteiger partial charge >= 0.3 is 6.09 Å². The fourth-order valence-electron chi connectivity index (χ4n) is 3.36. The van der Waals surface area contributed by atoms with E-state index in [2.05, 4.69) is 15.7 Å². The van der Waals surface area contributed by atoms with Gasteiger partial charge in [-0.2, -0.15) is 5.10 Å². The fourth-order valence-corrected chi connectivity index (χ4v) is 3.36. The Labute approximate surface area is 185 Å². The summed E-state index contributed by atoms with van der Waals surface area (Å²) in [7, 11) is 0. The Balaban J connectivity index is 2.02. The number of alkyl carbamates (subject to hydrolysis) is 1. The molecular formula is C24H36N4O3. The van der Waals surface area contributed by atoms with Crippen LogP contribution >= 0.6 is 0 Å². The number of carbonyl (C=O) groups is 2. The molecular weight excluding hydrogens is 392 g/mol. The number of rotatable bonds is 8. The molecule has 7 heteroatoms. The molecule has 2 N–H and O–H groups in total. The van der Waals surface area contributed by atoms with Gasteiger partial charge in [0.2, 0.25) is 0 Å². The van der Waals surface area contributed by atoms with E-state index < -0.39 is 17.2 Å². The predicted octanol–water partition coefficient (Wildman–Crippen LogP) is 4.36. The van der Waals surface area contributed by atoms with Crippen LogP contribution in [-0.2, 0) is 11.3 Å². The first kappa shape index (κ1) is 24.4. The molecule has 0 fully saturated rings. The van der Waals surface area contributed by atoms with E-state index in [9.17, 15) is 9.59 Å². The molecule has 0 atom stereocenters. The predicted molar refractivity (Wildman–Crippen MR) is 122 cm³/mol. The maximum absolute atomic E-state index is 12.9. The van der Waals surface area contributed by atoms with Gasteiger partial charge in [0, 0.05) is 17.8 Å². The van der Waals surface area contributed by atoms with Gasteiger partial charge in [-0.05, 0) is 71.2 Å². The highest BCUT2D eigenvalue weighted by atomic mass is 16.6. The van der Waals surface area contributed by atoms with Gasteiger partial charge in [-0.25, -0.2) is 4.79 Å². The van der Waals surface area contributed by atoms with Crippen LogP contribution in [0.25, 0.3) is 0 Å². The number of ether oxygens (including phenoxy) is 1. The average Bonchev–Trinajstić information content (AvgIpc) is 3.01. The molecule has 0 aliphatic carbocycles. The number of amides is 2. The van der Waals surface area contributed by atoms with E-state index >= 15 is 0 Å². The van der Waals surface area contributed by atoms with Crippen molar-refractivity contribution in [3.63, 3.8) is 0 Å². The van der Waals surface area contributed by atoms with Crippen molar-refractivity contribution in [1.29, 1.82) is 0 Å². The number of carbonyl (C=O) groups excluding carboxylic acids is 2. The zero-order valence-electron chi connectivity index (χ0n) is 19.8. The van der Waals surface area contributed by atoms with E-state index in [0.717, 1.165) is 17.0 Å². The van der Waals surface area contributed by atoms with Gasteiger partial charge < -0.3 is 15.4 Å². The van der Waals surface area contributed by atoms with E-state index in [4.69, 9.17) is 4.74 Å². The lowest BCUT2D eigenvalue weighted by Crippen LogP contribution is -2.55. The van der Waals surface area contributed by atoms with Crippen LogP contribution in [0.5, 0.6) is 0 Å². The molecule has 7 nitrogen and oxygen atoms in total. The molecule has 1 aromatic carbocycles. The fraction of sp³-hybridized carbons (Fsp3) is 0.542. The van der Waals surface area contributed by atoms with Crippen LogP contribution in [0.4, 0.5) is 4.79 Å². The standard InChI is InChI=1S/C24H36N4O3/c1-8-24(9-2,16-25-22(30)31-23(5,6)7)26-21(29)20-12-10-19(11-13-20)15-28-18(4)14-17(3)27-28/h10-14H,8-9,15-16H2,1-7H3,(H,25,30)(H,26,29). The van der Waals surface area contributed by atoms with Crippen LogP contribution < -0.4 is 10.6 Å². The zero-order chi connectivity index (χ0) is 23.2. The first-order valence-electron chi connectivity index (χ1n) is 10.9. The monoisotopic (exact) mass is 428 g/mol. The summed E-state index contributed by atoms with van der Waals surface area (Å²) in [5, 5.41) is 10.4. The van der Waals surface area contributed by atoms with Crippen LogP contribution in [0.2, 0.25) is 0 Å². The molecule has 0 saturated carbocycles. The SMILES string of the molecule is CCC(CC)(CNC(=O)OC(C)(C)C)NC(=O)c1ccc(Cn2nc(C)cc2C)cc1. The minimum Gasteiger partial charge on any atom is -0.444 e. The highest BCUT2D eigenvalue weighted by Gasteiger charge is 2.30. The third kappa shape index (κ3) is 7.12. The van der Waals surface area contributed by atoms with E-state index in [1.807, 2.05) is 83.5 Å². The Morgan fingerprint density at radius 3 is 2.16 bits per heavy atom. The first-order chi connectivity index (χ1) is 14.5. The zero-order valence-corrected chi connectivity index (χ0v) is 19.8. The summed E-state index contributed by atoms with van der Waals surface area (Å²) in [6, 6.07) is 9.59. The van der Waals surface area contributed by atoms with Crippen molar-refractivity contribution in [1.82, 2.24) is 20.4 Å². The summed E-state index contributed by atoms with van der Waals surface area (Å²) in [6.07, 6.45) is 0.878. The molecule has 170 valence electrons. The highest BCUT2D eigenvalue weighted by molar-refractivity contribution is 5.94. The minimum atomic E-state index is -0.566. The smallest absolute Gasteiger partial charge is 0.407 e. The van der Waals surface area contributed by atoms with Crippen LogP contribution in [-0.4, -0.2) is 39.5 Å². The summed E-state index contributed by atoms with van der Waals surface area (Å²) in [5.41, 5.74) is 2.64. The lowest BCUT2D eigenvalue weighted by atomic mass is 9.92. The Bertz CT molecular complexity index is 891. The Kier molecular flexibility index (Phi) is 7.87. The minimum absolute atomic E-state index is 0.160. The molecule has 0 unspecified atom stereocenters. The molecule has 1 aromatic heterocycles. The summed E-state index contributed by atoms with van der Waals surface area (Å²) >= 11 is 0. The molecule has 0 radical (unpaired) electrons. The second kappa shape index (κ2) is 9.98. The van der Waals surface area contributed by atoms with Crippen molar-refractivity contribution >= 4 is 12.0 Å². The molecule has 2 rings (SSSR count). The van der Waals surface area contributed by atoms with Crippen molar-refractivity contribution < 1.29 is 14.3 Å². The number of hydrogen-bond donors (Lipinski definition) is 2. The molecule has 0 saturated heterocycles. The molecule has 31 heavy (non-hydrogen) atoms. The number of aryl methyl sites for hydroxylation is 2. The summed E-state index contributed by atoms with van der Waals surface area (Å²) in [6.45, 7) is 14.4. The Morgan fingerprint density at radius 1 is 1.06 bits per heavy atom. The lowest BCUT2D eigenvalue weighted by molar-refractivity contribution is 0.0502. The maximum atomic E-state index is 12.9. The number of hydrogen-bond acceptors (Lipinski definition) is 4. The van der Waals surface area contributed by atoms with E-state index in [1.165, 1.54) is 0 Å². The quantitative estimate of drug-likeness (QED) is 0.654. The second-order valence-electron chi connectivity index (χ2n) is 9.08. The van der Waals surface area contributed by atoms with Gasteiger partial charge in [-0.1, -0.05) is 26.0 Å². The first-order valence-corrected chi connectivity index (χ1v) is 10.9. The van der Waals surface area contributed by atoms with Crippen molar-refractivity contribution in [3.8, 4) is 0 Å². The third-order valence-corrected chi connectivity index (χ3v) is 5.35. The van der Waals surface area contributed by atoms with E-state index in [0.29, 0.717) is 31.5 Å². The molecule has 2 amide bonds. The van der Waals surface area contributed by atoms with Gasteiger partial charge in [-0.3, -0.25) is 9.48 Å². The molecule has 2 aromatic rings. The summed E-state index contributed by atoms with van der Waals surface area (Å²) in [5.74, 6) is -0.160. The van der Waals surface area contributed by atoms with Crippen molar-refractivity contribution in [2.24, 2.45) is 0 Å². The van der Waals surface area contributed by atoms with E-state index in [-0.39, 0.29) is 5.91 Å². The van der Waals surface area contributed by atoms with Crippen molar-refractivity contribution in [2.45, 2.75) is 79.0 Å². The molecule has 0 bridgehead atoms. The normalized spacial score (nSPS) is 11.8. The number of aromatic nitrogens is 2. The van der Waals surface area contributed by atoms with Crippen LogP contribution in [0.1, 0.15) is 74.8 Å². The largest absolute Gasteiger partial charge is 0.444 e. The number of nitrogens with zero attached hydrogens (tertiary/aromatic N) is 2. The molecule has 0 aliphatic rings. The third-order valence-electron chi connectivity index (χ3n) is 5.35. The van der Waals surface area contributed by atoms with Crippen LogP contribution in [0, 0.1) is 13.8 Å². The highest BCUT2D eigenvalue weighted by Crippen LogP contribution is 2.17. The molecule has 0 aliphatic heterocycles. The van der Waals surface area contributed by atoms with Crippen LogP contribution in [0.3, 0.4) is 0 Å². The maximum Gasteiger partial charge on any atom is 0.407 e. The van der Waals surface area contributed by atoms with Gasteiger partial charge in [0.15, 0.2) is 0 Å². The average molecular weight is 429 g/mol. The second-order valence-corrected chi connectivity index (χ2v) is 9.08. The lowest BCUT2D eigenvalue weighted by Gasteiger charge is -2.33. The summed E-state index contributed by atoms with van der Waals surface area (Å²) < 4.78 is 7.26. The van der Waals surface area contributed by atoms with E-state index in [1.54, 1.807) is 0 Å². The van der Waals surface area contributed by atoms with Crippen molar-refractivity contribution in [2.75, 3.05) is 6.54 Å². The van der Waals surface area contributed by atoms with Gasteiger partial charge in [0.05, 0.1) is 17.8 Å². The Hall–Kier alpha value is -2.83. The van der Waals surface area contributed by atoms with Gasteiger partial charge in [0.25, 0.3) is 5.91 Å². The Morgan fingerprint density at radius 2 is 1.68 bits per heavy atom. The van der Waals surface area contributed by atoms with Gasteiger partial charge in [-0.15, -0.1) is 0 Å². The summed E-state index contributed by atoms with van der Waals surface area (Å²) in [4.78, 5) is 25.0. The van der Waals surface area contributed by atoms with Crippen molar-refractivity contribution in [3.05, 3.63) is 52.8 Å². The van der Waals surface area contributed by atoms with Gasteiger partial charge in [0.1, 0.15) is 5.60 Å². The number of nitrogens with one attached hydrogen (secondary N) is 2. The topological polar surface area (TPSA) is 85.3 Å². The van der Waals surface area contributed by atoms with Crippen LogP contribution in [0.15, 0.2) is 30.3 Å². The molecule has 0 spiro atoms.